The molecule has 0 amide bonds. The van der Waals surface area contributed by atoms with E-state index in [-0.39, 0.29) is 0 Å². The molecule has 1 aliphatic carbocycles. The van der Waals surface area contributed by atoms with Crippen molar-refractivity contribution in [3.05, 3.63) is 36.0 Å². The Bertz CT molecular complexity index is 317. The number of allylic oxidation sites excluding steroid dienone is 6. The first kappa shape index (κ1) is 16.3. The monoisotopic (exact) mass is 260 g/mol. The molecule has 0 aromatic rings. The van der Waals surface area contributed by atoms with Crippen molar-refractivity contribution in [1.29, 1.82) is 0 Å². The average Bonchev–Trinajstić information content (AvgIpc) is 2.35. The quantitative estimate of drug-likeness (QED) is 0.471. The normalized spacial score (nSPS) is 21.1. The fourth-order valence-corrected chi connectivity index (χ4v) is 2.92. The van der Waals surface area contributed by atoms with Crippen LogP contribution in [0.25, 0.3) is 0 Å². The molecule has 0 saturated heterocycles. The van der Waals surface area contributed by atoms with E-state index in [0.29, 0.717) is 5.92 Å². The van der Waals surface area contributed by atoms with E-state index >= 15 is 0 Å². The Labute approximate surface area is 120 Å². The van der Waals surface area contributed by atoms with Gasteiger partial charge in [-0.25, -0.2) is 0 Å². The van der Waals surface area contributed by atoms with Crippen molar-refractivity contribution in [2.45, 2.75) is 66.2 Å². The highest BCUT2D eigenvalue weighted by atomic mass is 14.2. The largest absolute Gasteiger partial charge is 0.0841 e. The van der Waals surface area contributed by atoms with Crippen molar-refractivity contribution in [3.8, 4) is 0 Å². The third-order valence-corrected chi connectivity index (χ3v) is 3.99. The Morgan fingerprint density at radius 2 is 2.00 bits per heavy atom. The minimum absolute atomic E-state index is 0.652. The molecule has 0 aliphatic heterocycles. The summed E-state index contributed by atoms with van der Waals surface area (Å²) < 4.78 is 0. The van der Waals surface area contributed by atoms with Gasteiger partial charge in [-0.05, 0) is 43.4 Å². The van der Waals surface area contributed by atoms with Crippen LogP contribution in [0.5, 0.6) is 0 Å². The maximum atomic E-state index is 2.41. The third kappa shape index (κ3) is 6.80. The molecular formula is C19H32. The van der Waals surface area contributed by atoms with Crippen molar-refractivity contribution in [3.63, 3.8) is 0 Å². The average molecular weight is 260 g/mol. The van der Waals surface area contributed by atoms with Crippen molar-refractivity contribution < 1.29 is 0 Å². The number of hydrogen-bond donors (Lipinski definition) is 0. The van der Waals surface area contributed by atoms with Gasteiger partial charge in [0.15, 0.2) is 0 Å². The van der Waals surface area contributed by atoms with Crippen LogP contribution >= 0.6 is 0 Å². The molecule has 0 aromatic heterocycles. The van der Waals surface area contributed by atoms with Crippen LogP contribution in [-0.4, -0.2) is 0 Å². The van der Waals surface area contributed by atoms with Gasteiger partial charge in [-0.15, -0.1) is 0 Å². The summed E-state index contributed by atoms with van der Waals surface area (Å²) >= 11 is 0. The first-order valence-corrected chi connectivity index (χ1v) is 8.19. The minimum atomic E-state index is 0.652. The topological polar surface area (TPSA) is 0 Å². The molecule has 2 unspecified atom stereocenters. The molecule has 0 nitrogen and oxygen atoms in total. The molecule has 108 valence electrons. The standard InChI is InChI=1S/C19H32/c1-5-9-18-10-7-8-11-19(13-12-18)15-17(6-2)14-16(3)4/h7,10-13,16-18H,5-6,8-9,14-15H2,1-4H3. The van der Waals surface area contributed by atoms with Crippen molar-refractivity contribution in [1.82, 2.24) is 0 Å². The Morgan fingerprint density at radius 1 is 1.21 bits per heavy atom. The van der Waals surface area contributed by atoms with E-state index in [9.17, 15) is 0 Å². The van der Waals surface area contributed by atoms with E-state index < -0.39 is 0 Å². The molecule has 0 N–H and O–H groups in total. The zero-order valence-electron chi connectivity index (χ0n) is 13.4. The molecule has 0 heterocycles. The third-order valence-electron chi connectivity index (χ3n) is 3.99. The molecular weight excluding hydrogens is 228 g/mol. The molecule has 0 aromatic carbocycles. The molecule has 1 rings (SSSR count). The molecule has 0 heteroatoms. The van der Waals surface area contributed by atoms with Crippen LogP contribution in [0.4, 0.5) is 0 Å². The van der Waals surface area contributed by atoms with E-state index in [4.69, 9.17) is 0 Å². The Balaban J connectivity index is 2.61. The first-order valence-electron chi connectivity index (χ1n) is 8.19. The van der Waals surface area contributed by atoms with Crippen molar-refractivity contribution in [2.24, 2.45) is 17.8 Å². The van der Waals surface area contributed by atoms with E-state index in [1.54, 1.807) is 5.57 Å². The smallest absolute Gasteiger partial charge is 0.00503 e. The second kappa shape index (κ2) is 9.18. The van der Waals surface area contributed by atoms with Gasteiger partial charge in [0, 0.05) is 0 Å². The summed E-state index contributed by atoms with van der Waals surface area (Å²) in [5.74, 6) is 2.32. The van der Waals surface area contributed by atoms with Gasteiger partial charge in [0.1, 0.15) is 0 Å². The zero-order chi connectivity index (χ0) is 14.1. The van der Waals surface area contributed by atoms with E-state index in [2.05, 4.69) is 58.1 Å². The van der Waals surface area contributed by atoms with E-state index in [0.717, 1.165) is 18.3 Å². The SMILES string of the molecule is CCCC1C=CCC=C(CC(CC)CC(C)C)C=C1. The zero-order valence-corrected chi connectivity index (χ0v) is 13.4. The van der Waals surface area contributed by atoms with Crippen LogP contribution in [0.2, 0.25) is 0 Å². The molecule has 0 spiro atoms. The van der Waals surface area contributed by atoms with Gasteiger partial charge in [-0.2, -0.15) is 0 Å². The van der Waals surface area contributed by atoms with Crippen molar-refractivity contribution >= 4 is 0 Å². The highest BCUT2D eigenvalue weighted by molar-refractivity contribution is 5.24. The minimum Gasteiger partial charge on any atom is -0.0841 e. The molecule has 1 aliphatic rings. The van der Waals surface area contributed by atoms with Gasteiger partial charge in [-0.1, -0.05) is 76.5 Å². The fraction of sp³-hybridized carbons (Fsp3) is 0.684. The lowest BCUT2D eigenvalue weighted by Crippen LogP contribution is -2.05. The molecule has 0 bridgehead atoms. The van der Waals surface area contributed by atoms with Gasteiger partial charge in [-0.3, -0.25) is 0 Å². The number of rotatable bonds is 7. The summed E-state index contributed by atoms with van der Waals surface area (Å²) in [5, 5.41) is 0. The fourth-order valence-electron chi connectivity index (χ4n) is 2.92. The van der Waals surface area contributed by atoms with Crippen LogP contribution in [0, 0.1) is 17.8 Å². The second-order valence-electron chi connectivity index (χ2n) is 6.36. The van der Waals surface area contributed by atoms with Gasteiger partial charge < -0.3 is 0 Å². The highest BCUT2D eigenvalue weighted by Crippen LogP contribution is 2.25. The summed E-state index contributed by atoms with van der Waals surface area (Å²) in [6.07, 6.45) is 19.5. The Hall–Kier alpha value is -0.780. The van der Waals surface area contributed by atoms with Gasteiger partial charge in [0.05, 0.1) is 0 Å². The van der Waals surface area contributed by atoms with Gasteiger partial charge in [0.25, 0.3) is 0 Å². The molecule has 19 heavy (non-hydrogen) atoms. The van der Waals surface area contributed by atoms with Crippen LogP contribution in [0.3, 0.4) is 0 Å². The van der Waals surface area contributed by atoms with E-state index in [1.807, 2.05) is 0 Å². The molecule has 0 fully saturated rings. The Kier molecular flexibility index (Phi) is 7.86. The van der Waals surface area contributed by atoms with Gasteiger partial charge >= 0.3 is 0 Å². The van der Waals surface area contributed by atoms with Gasteiger partial charge in [0.2, 0.25) is 0 Å². The summed E-state index contributed by atoms with van der Waals surface area (Å²) in [6, 6.07) is 0. The second-order valence-corrected chi connectivity index (χ2v) is 6.36. The number of hydrogen-bond acceptors (Lipinski definition) is 0. The summed E-state index contributed by atoms with van der Waals surface area (Å²) in [7, 11) is 0. The van der Waals surface area contributed by atoms with Crippen molar-refractivity contribution in [2.75, 3.05) is 0 Å². The maximum absolute atomic E-state index is 2.41. The predicted octanol–water partition coefficient (Wildman–Crippen LogP) is 6.31. The van der Waals surface area contributed by atoms with E-state index in [1.165, 1.54) is 32.1 Å². The first-order chi connectivity index (χ1) is 9.15. The lowest BCUT2D eigenvalue weighted by atomic mass is 9.87. The molecule has 2 atom stereocenters. The summed E-state index contributed by atoms with van der Waals surface area (Å²) in [5.41, 5.74) is 1.55. The molecule has 0 radical (unpaired) electrons. The van der Waals surface area contributed by atoms with Crippen LogP contribution in [-0.2, 0) is 0 Å². The molecule has 0 saturated carbocycles. The summed E-state index contributed by atoms with van der Waals surface area (Å²) in [6.45, 7) is 9.28. The lowest BCUT2D eigenvalue weighted by Gasteiger charge is -2.18. The summed E-state index contributed by atoms with van der Waals surface area (Å²) in [4.78, 5) is 0. The highest BCUT2D eigenvalue weighted by Gasteiger charge is 2.11. The van der Waals surface area contributed by atoms with Crippen LogP contribution in [0.1, 0.15) is 66.2 Å². The Morgan fingerprint density at radius 3 is 2.63 bits per heavy atom. The maximum Gasteiger partial charge on any atom is -0.00503 e. The van der Waals surface area contributed by atoms with Crippen LogP contribution in [0.15, 0.2) is 36.0 Å². The predicted molar refractivity (Wildman–Crippen MR) is 87.2 cm³/mol. The lowest BCUT2D eigenvalue weighted by molar-refractivity contribution is 0.397. The van der Waals surface area contributed by atoms with Crippen LogP contribution < -0.4 is 0 Å².